The van der Waals surface area contributed by atoms with Crippen molar-refractivity contribution in [1.82, 2.24) is 10.2 Å². The molecule has 18 heavy (non-hydrogen) atoms. The van der Waals surface area contributed by atoms with Gasteiger partial charge in [-0.25, -0.2) is 0 Å². The molecule has 1 saturated heterocycles. The molecule has 0 saturated carbocycles. The van der Waals surface area contributed by atoms with E-state index in [1.54, 1.807) is 0 Å². The highest BCUT2D eigenvalue weighted by atomic mass is 32.1. The molecule has 0 spiro atoms. The molecule has 0 radical (unpaired) electrons. The number of nitrogens with one attached hydrogen (secondary N) is 1. The number of rotatable bonds is 4. The second-order valence-electron chi connectivity index (χ2n) is 5.25. The van der Waals surface area contributed by atoms with E-state index in [4.69, 9.17) is 17.0 Å². The van der Waals surface area contributed by atoms with Gasteiger partial charge in [-0.3, -0.25) is 0 Å². The van der Waals surface area contributed by atoms with E-state index in [1.165, 1.54) is 32.1 Å². The second-order valence-corrected chi connectivity index (χ2v) is 5.63. The van der Waals surface area contributed by atoms with Crippen molar-refractivity contribution in [3.63, 3.8) is 0 Å². The van der Waals surface area contributed by atoms with E-state index in [2.05, 4.69) is 22.4 Å². The highest BCUT2D eigenvalue weighted by Crippen LogP contribution is 2.21. The molecular formula is C14H24N2OS. The molecule has 1 aliphatic heterocycles. The largest absolute Gasteiger partial charge is 0.376 e. The monoisotopic (exact) mass is 268 g/mol. The van der Waals surface area contributed by atoms with E-state index in [0.717, 1.165) is 30.7 Å². The minimum atomic E-state index is 0.371. The zero-order chi connectivity index (χ0) is 12.8. The number of thiocarbonyl (C=S) groups is 1. The molecule has 1 fully saturated rings. The van der Waals surface area contributed by atoms with Crippen LogP contribution in [0.5, 0.6) is 0 Å². The fourth-order valence-corrected chi connectivity index (χ4v) is 2.92. The zero-order valence-electron chi connectivity index (χ0n) is 11.2. The summed E-state index contributed by atoms with van der Waals surface area (Å²) < 4.78 is 5.72. The number of nitrogens with zero attached hydrogens (tertiary/aromatic N) is 1. The third-order valence-electron chi connectivity index (χ3n) is 3.81. The number of ether oxygens (including phenoxy) is 1. The van der Waals surface area contributed by atoms with Crippen LogP contribution in [0.15, 0.2) is 12.2 Å². The van der Waals surface area contributed by atoms with Gasteiger partial charge in [0.2, 0.25) is 0 Å². The highest BCUT2D eigenvalue weighted by Gasteiger charge is 2.23. The van der Waals surface area contributed by atoms with Crippen LogP contribution in [0.25, 0.3) is 0 Å². The maximum atomic E-state index is 5.72. The van der Waals surface area contributed by atoms with Gasteiger partial charge in [-0.2, -0.15) is 0 Å². The van der Waals surface area contributed by atoms with Crippen LogP contribution in [0.2, 0.25) is 0 Å². The third-order valence-corrected chi connectivity index (χ3v) is 4.27. The van der Waals surface area contributed by atoms with Crippen molar-refractivity contribution in [3.05, 3.63) is 12.2 Å². The Morgan fingerprint density at radius 3 is 2.89 bits per heavy atom. The standard InChI is InChI=1S/C14H24N2OS/c1-15-14(18)16(11-13-8-5-9-17-13)10-12-6-3-2-4-7-12/h2-3,12-13H,4-11H2,1H3,(H,15,18)/t12-,13+/m0/s1. The molecule has 1 aliphatic carbocycles. The molecule has 2 aliphatic rings. The summed E-state index contributed by atoms with van der Waals surface area (Å²) in [6.45, 7) is 2.92. The first-order valence-corrected chi connectivity index (χ1v) is 7.43. The summed E-state index contributed by atoms with van der Waals surface area (Å²) in [4.78, 5) is 2.30. The summed E-state index contributed by atoms with van der Waals surface area (Å²) in [5.41, 5.74) is 0. The van der Waals surface area contributed by atoms with Crippen molar-refractivity contribution in [2.24, 2.45) is 5.92 Å². The fourth-order valence-electron chi connectivity index (χ4n) is 2.77. The molecular weight excluding hydrogens is 244 g/mol. The van der Waals surface area contributed by atoms with Gasteiger partial charge in [0.05, 0.1) is 6.10 Å². The van der Waals surface area contributed by atoms with Crippen LogP contribution in [0.4, 0.5) is 0 Å². The molecule has 0 amide bonds. The van der Waals surface area contributed by atoms with Crippen molar-refractivity contribution in [1.29, 1.82) is 0 Å². The van der Waals surface area contributed by atoms with E-state index in [1.807, 2.05) is 7.05 Å². The molecule has 0 bridgehead atoms. The number of hydrogen-bond acceptors (Lipinski definition) is 2. The molecule has 2 atom stereocenters. The first kappa shape index (κ1) is 13.8. The van der Waals surface area contributed by atoms with Crippen LogP contribution in [0.3, 0.4) is 0 Å². The van der Waals surface area contributed by atoms with E-state index in [0.29, 0.717) is 6.10 Å². The quantitative estimate of drug-likeness (QED) is 0.625. The molecule has 2 rings (SSSR count). The van der Waals surface area contributed by atoms with Crippen LogP contribution in [-0.2, 0) is 4.74 Å². The van der Waals surface area contributed by atoms with Crippen molar-refractivity contribution < 1.29 is 4.74 Å². The smallest absolute Gasteiger partial charge is 0.168 e. The molecule has 0 aromatic carbocycles. The van der Waals surface area contributed by atoms with Crippen LogP contribution in [0.1, 0.15) is 32.1 Å². The zero-order valence-corrected chi connectivity index (χ0v) is 12.0. The average Bonchev–Trinajstić information content (AvgIpc) is 2.91. The molecule has 102 valence electrons. The Labute approximate surface area is 116 Å². The Morgan fingerprint density at radius 2 is 2.28 bits per heavy atom. The van der Waals surface area contributed by atoms with Gasteiger partial charge in [0, 0.05) is 26.7 Å². The topological polar surface area (TPSA) is 24.5 Å². The number of allylic oxidation sites excluding steroid dienone is 2. The van der Waals surface area contributed by atoms with Crippen LogP contribution >= 0.6 is 12.2 Å². The Balaban J connectivity index is 1.87. The lowest BCUT2D eigenvalue weighted by Gasteiger charge is -2.31. The molecule has 1 N–H and O–H groups in total. The van der Waals surface area contributed by atoms with Crippen molar-refractivity contribution in [2.45, 2.75) is 38.2 Å². The minimum absolute atomic E-state index is 0.371. The van der Waals surface area contributed by atoms with Gasteiger partial charge in [-0.05, 0) is 50.2 Å². The van der Waals surface area contributed by atoms with Gasteiger partial charge >= 0.3 is 0 Å². The van der Waals surface area contributed by atoms with E-state index in [9.17, 15) is 0 Å². The third kappa shape index (κ3) is 3.95. The van der Waals surface area contributed by atoms with Crippen molar-refractivity contribution >= 4 is 17.3 Å². The lowest BCUT2D eigenvalue weighted by atomic mass is 9.94. The summed E-state index contributed by atoms with van der Waals surface area (Å²) >= 11 is 5.42. The summed E-state index contributed by atoms with van der Waals surface area (Å²) in [7, 11) is 1.91. The molecule has 3 nitrogen and oxygen atoms in total. The SMILES string of the molecule is CNC(=S)N(C[C@H]1CC=CCC1)C[C@H]1CCCO1. The molecule has 4 heteroatoms. The molecule has 1 heterocycles. The predicted octanol–water partition coefficient (Wildman–Crippen LogP) is 2.33. The van der Waals surface area contributed by atoms with Gasteiger partial charge in [-0.1, -0.05) is 12.2 Å². The van der Waals surface area contributed by atoms with Gasteiger partial charge in [-0.15, -0.1) is 0 Å². The Bertz CT molecular complexity index is 300. The normalized spacial score (nSPS) is 27.2. The Kier molecular flexibility index (Phi) is 5.45. The maximum Gasteiger partial charge on any atom is 0.168 e. The molecule has 0 aromatic rings. The van der Waals surface area contributed by atoms with Gasteiger partial charge < -0.3 is 15.0 Å². The second kappa shape index (κ2) is 7.10. The highest BCUT2D eigenvalue weighted by molar-refractivity contribution is 7.80. The van der Waals surface area contributed by atoms with Gasteiger partial charge in [0.25, 0.3) is 0 Å². The van der Waals surface area contributed by atoms with E-state index < -0.39 is 0 Å². The lowest BCUT2D eigenvalue weighted by Crippen LogP contribution is -2.44. The van der Waals surface area contributed by atoms with Crippen LogP contribution in [0, 0.1) is 5.92 Å². The van der Waals surface area contributed by atoms with Crippen molar-refractivity contribution in [2.75, 3.05) is 26.7 Å². The van der Waals surface area contributed by atoms with E-state index in [-0.39, 0.29) is 0 Å². The molecule has 0 unspecified atom stereocenters. The summed E-state index contributed by atoms with van der Waals surface area (Å²) in [6, 6.07) is 0. The fraction of sp³-hybridized carbons (Fsp3) is 0.786. The Hall–Kier alpha value is -0.610. The van der Waals surface area contributed by atoms with Crippen molar-refractivity contribution in [3.8, 4) is 0 Å². The summed E-state index contributed by atoms with van der Waals surface area (Å²) in [5.74, 6) is 0.739. The van der Waals surface area contributed by atoms with Gasteiger partial charge in [0.15, 0.2) is 5.11 Å². The average molecular weight is 268 g/mol. The van der Waals surface area contributed by atoms with Crippen LogP contribution in [-0.4, -0.2) is 42.9 Å². The van der Waals surface area contributed by atoms with E-state index >= 15 is 0 Å². The molecule has 0 aromatic heterocycles. The predicted molar refractivity (Wildman–Crippen MR) is 78.7 cm³/mol. The summed E-state index contributed by atoms with van der Waals surface area (Å²) in [6.07, 6.45) is 11.0. The first-order valence-electron chi connectivity index (χ1n) is 7.03. The van der Waals surface area contributed by atoms with Gasteiger partial charge in [0.1, 0.15) is 0 Å². The minimum Gasteiger partial charge on any atom is -0.376 e. The maximum absolute atomic E-state index is 5.72. The first-order chi connectivity index (χ1) is 8.79. The summed E-state index contributed by atoms with van der Waals surface area (Å²) in [5, 5.41) is 3.97. The Morgan fingerprint density at radius 1 is 1.39 bits per heavy atom. The van der Waals surface area contributed by atoms with Crippen LogP contribution < -0.4 is 5.32 Å². The number of hydrogen-bond donors (Lipinski definition) is 1. The lowest BCUT2D eigenvalue weighted by molar-refractivity contribution is 0.0875.